The summed E-state index contributed by atoms with van der Waals surface area (Å²) in [5.74, 6) is 0.324. The molecule has 0 unspecified atom stereocenters. The quantitative estimate of drug-likeness (QED) is 0.583. The summed E-state index contributed by atoms with van der Waals surface area (Å²) in [4.78, 5) is 11.9. The number of nitrogens with one attached hydrogen (secondary N) is 1. The lowest BCUT2D eigenvalue weighted by Gasteiger charge is -2.09. The maximum atomic E-state index is 11.9. The van der Waals surface area contributed by atoms with Crippen LogP contribution in [0.3, 0.4) is 0 Å². The van der Waals surface area contributed by atoms with Gasteiger partial charge < -0.3 is 14.5 Å². The Balaban J connectivity index is 1.97. The molecule has 6 nitrogen and oxygen atoms in total. The number of hydrogen-bond donors (Lipinski definition) is 1. The van der Waals surface area contributed by atoms with Gasteiger partial charge in [-0.05, 0) is 35.0 Å². The summed E-state index contributed by atoms with van der Waals surface area (Å²) in [6.07, 6.45) is 0. The van der Waals surface area contributed by atoms with Gasteiger partial charge in [-0.25, -0.2) is 0 Å². The number of amides is 1. The van der Waals surface area contributed by atoms with E-state index in [9.17, 15) is 4.79 Å². The SMILES string of the molecule is COCCNC(=O)[C@@H](C)Sc1nnc(-c2ccccc2Br)o1. The second-order valence-electron chi connectivity index (χ2n) is 4.40. The normalized spacial score (nSPS) is 12.1. The van der Waals surface area contributed by atoms with E-state index in [0.717, 1.165) is 10.0 Å². The fourth-order valence-corrected chi connectivity index (χ4v) is 2.79. The van der Waals surface area contributed by atoms with Gasteiger partial charge in [0.15, 0.2) is 0 Å². The molecule has 0 aliphatic carbocycles. The van der Waals surface area contributed by atoms with E-state index >= 15 is 0 Å². The number of hydrogen-bond acceptors (Lipinski definition) is 6. The molecule has 1 atom stereocenters. The standard InChI is InChI=1S/C14H16BrN3O3S/c1-9(12(19)16-7-8-20-2)22-14-18-17-13(21-14)10-5-3-4-6-11(10)15/h3-6,9H,7-8H2,1-2H3,(H,16,19)/t9-/m1/s1. The Morgan fingerprint density at radius 3 is 2.95 bits per heavy atom. The van der Waals surface area contributed by atoms with Gasteiger partial charge in [-0.2, -0.15) is 0 Å². The topological polar surface area (TPSA) is 77.2 Å². The minimum atomic E-state index is -0.329. The summed E-state index contributed by atoms with van der Waals surface area (Å²) in [5, 5.41) is 10.8. The zero-order chi connectivity index (χ0) is 15.9. The van der Waals surface area contributed by atoms with Crippen LogP contribution in [0, 0.1) is 0 Å². The molecular weight excluding hydrogens is 370 g/mol. The summed E-state index contributed by atoms with van der Waals surface area (Å²) in [6, 6.07) is 7.58. The fourth-order valence-electron chi connectivity index (χ4n) is 1.63. The number of aromatic nitrogens is 2. The number of carbonyl (C=O) groups excluding carboxylic acids is 1. The molecule has 1 aromatic heterocycles. The molecule has 2 rings (SSSR count). The molecule has 0 aliphatic heterocycles. The highest BCUT2D eigenvalue weighted by Crippen LogP contribution is 2.30. The van der Waals surface area contributed by atoms with Crippen molar-refractivity contribution in [3.05, 3.63) is 28.7 Å². The Bertz CT molecular complexity index is 635. The second-order valence-corrected chi connectivity index (χ2v) is 6.54. The van der Waals surface area contributed by atoms with E-state index in [1.807, 2.05) is 24.3 Å². The van der Waals surface area contributed by atoms with Crippen LogP contribution in [0.5, 0.6) is 0 Å². The van der Waals surface area contributed by atoms with Crippen LogP contribution in [-0.2, 0) is 9.53 Å². The lowest BCUT2D eigenvalue weighted by Crippen LogP contribution is -2.33. The first-order chi connectivity index (χ1) is 10.6. The molecule has 0 saturated carbocycles. The van der Waals surface area contributed by atoms with Gasteiger partial charge in [0.05, 0.1) is 17.4 Å². The van der Waals surface area contributed by atoms with Crippen LogP contribution in [0.15, 0.2) is 38.4 Å². The van der Waals surface area contributed by atoms with Crippen molar-refractivity contribution >= 4 is 33.6 Å². The van der Waals surface area contributed by atoms with E-state index in [2.05, 4.69) is 31.4 Å². The van der Waals surface area contributed by atoms with Gasteiger partial charge in [0.1, 0.15) is 0 Å². The molecule has 0 spiro atoms. The highest BCUT2D eigenvalue weighted by molar-refractivity contribution is 9.10. The highest BCUT2D eigenvalue weighted by Gasteiger charge is 2.18. The second kappa shape index (κ2) is 8.30. The number of ether oxygens (including phenoxy) is 1. The molecule has 0 bridgehead atoms. The van der Waals surface area contributed by atoms with Crippen molar-refractivity contribution in [1.82, 2.24) is 15.5 Å². The van der Waals surface area contributed by atoms with Crippen LogP contribution in [0.4, 0.5) is 0 Å². The van der Waals surface area contributed by atoms with Crippen molar-refractivity contribution < 1.29 is 13.9 Å². The molecule has 1 heterocycles. The number of carbonyl (C=O) groups is 1. The first-order valence-corrected chi connectivity index (χ1v) is 8.30. The van der Waals surface area contributed by atoms with Crippen molar-refractivity contribution in [2.75, 3.05) is 20.3 Å². The third-order valence-electron chi connectivity index (χ3n) is 2.76. The van der Waals surface area contributed by atoms with Gasteiger partial charge in [0.25, 0.3) is 5.22 Å². The molecule has 2 aromatic rings. The average Bonchev–Trinajstić information content (AvgIpc) is 2.96. The molecule has 1 aromatic carbocycles. The number of thioether (sulfide) groups is 1. The molecule has 0 radical (unpaired) electrons. The van der Waals surface area contributed by atoms with Crippen LogP contribution in [0.1, 0.15) is 6.92 Å². The van der Waals surface area contributed by atoms with Gasteiger partial charge in [0, 0.05) is 18.1 Å². The molecular formula is C14H16BrN3O3S. The Hall–Kier alpha value is -1.38. The molecule has 1 N–H and O–H groups in total. The van der Waals surface area contributed by atoms with Gasteiger partial charge in [-0.15, -0.1) is 10.2 Å². The third-order valence-corrected chi connectivity index (χ3v) is 4.39. The molecule has 118 valence electrons. The molecule has 1 amide bonds. The van der Waals surface area contributed by atoms with Gasteiger partial charge >= 0.3 is 0 Å². The number of nitrogens with zero attached hydrogens (tertiary/aromatic N) is 2. The number of rotatable bonds is 7. The van der Waals surface area contributed by atoms with Crippen molar-refractivity contribution in [1.29, 1.82) is 0 Å². The highest BCUT2D eigenvalue weighted by atomic mass is 79.9. The summed E-state index contributed by atoms with van der Waals surface area (Å²) in [7, 11) is 1.59. The Kier molecular flexibility index (Phi) is 6.41. The first-order valence-electron chi connectivity index (χ1n) is 6.63. The monoisotopic (exact) mass is 385 g/mol. The zero-order valence-electron chi connectivity index (χ0n) is 12.2. The smallest absolute Gasteiger partial charge is 0.277 e. The summed E-state index contributed by atoms with van der Waals surface area (Å²) < 4.78 is 11.4. The van der Waals surface area contributed by atoms with Crippen LogP contribution < -0.4 is 5.32 Å². The number of benzene rings is 1. The number of halogens is 1. The van der Waals surface area contributed by atoms with E-state index in [0.29, 0.717) is 24.3 Å². The number of methoxy groups -OCH3 is 1. The van der Waals surface area contributed by atoms with E-state index in [1.54, 1.807) is 14.0 Å². The molecule has 0 saturated heterocycles. The van der Waals surface area contributed by atoms with Crippen molar-refractivity contribution in [3.8, 4) is 11.5 Å². The molecule has 22 heavy (non-hydrogen) atoms. The van der Waals surface area contributed by atoms with Gasteiger partial charge in [0.2, 0.25) is 11.8 Å². The minimum Gasteiger partial charge on any atom is -0.411 e. The largest absolute Gasteiger partial charge is 0.411 e. The summed E-state index contributed by atoms with van der Waals surface area (Å²) in [6.45, 7) is 2.75. The van der Waals surface area contributed by atoms with Crippen LogP contribution in [-0.4, -0.2) is 41.6 Å². The van der Waals surface area contributed by atoms with Crippen LogP contribution in [0.25, 0.3) is 11.5 Å². The predicted molar refractivity (Wildman–Crippen MR) is 87.6 cm³/mol. The zero-order valence-corrected chi connectivity index (χ0v) is 14.6. The summed E-state index contributed by atoms with van der Waals surface area (Å²) >= 11 is 4.66. The van der Waals surface area contributed by atoms with E-state index in [1.165, 1.54) is 11.8 Å². The Morgan fingerprint density at radius 1 is 1.45 bits per heavy atom. The van der Waals surface area contributed by atoms with Crippen molar-refractivity contribution in [3.63, 3.8) is 0 Å². The van der Waals surface area contributed by atoms with Gasteiger partial charge in [-0.3, -0.25) is 4.79 Å². The lowest BCUT2D eigenvalue weighted by molar-refractivity contribution is -0.120. The van der Waals surface area contributed by atoms with Gasteiger partial charge in [-0.1, -0.05) is 23.9 Å². The summed E-state index contributed by atoms with van der Waals surface area (Å²) in [5.41, 5.74) is 0.819. The lowest BCUT2D eigenvalue weighted by atomic mass is 10.2. The predicted octanol–water partition coefficient (Wildman–Crippen LogP) is 2.74. The molecule has 0 fully saturated rings. The average molecular weight is 386 g/mol. The van der Waals surface area contributed by atoms with Crippen LogP contribution in [0.2, 0.25) is 0 Å². The minimum absolute atomic E-state index is 0.0947. The van der Waals surface area contributed by atoms with Crippen molar-refractivity contribution in [2.24, 2.45) is 0 Å². The van der Waals surface area contributed by atoms with E-state index in [4.69, 9.17) is 9.15 Å². The Labute approximate surface area is 141 Å². The first kappa shape index (κ1) is 17.0. The molecule has 0 aliphatic rings. The maximum Gasteiger partial charge on any atom is 0.277 e. The molecule has 8 heteroatoms. The van der Waals surface area contributed by atoms with E-state index < -0.39 is 0 Å². The third kappa shape index (κ3) is 4.56. The Morgan fingerprint density at radius 2 is 2.23 bits per heavy atom. The van der Waals surface area contributed by atoms with Crippen LogP contribution >= 0.6 is 27.7 Å². The van der Waals surface area contributed by atoms with E-state index in [-0.39, 0.29) is 11.2 Å². The van der Waals surface area contributed by atoms with Crippen molar-refractivity contribution in [2.45, 2.75) is 17.4 Å². The maximum absolute atomic E-state index is 11.9. The fraction of sp³-hybridized carbons (Fsp3) is 0.357.